The van der Waals surface area contributed by atoms with Crippen LogP contribution in [-0.4, -0.2) is 6.54 Å². The molecular formula is C30H61N3. The van der Waals surface area contributed by atoms with Gasteiger partial charge in [0.05, 0.1) is 0 Å². The maximum absolute atomic E-state index is 8.23. The highest BCUT2D eigenvalue weighted by molar-refractivity contribution is 4.53. The Kier molecular flexibility index (Phi) is 30.7. The van der Waals surface area contributed by atoms with Crippen molar-refractivity contribution in [3.8, 4) is 0 Å². The molecule has 0 spiro atoms. The van der Waals surface area contributed by atoms with Crippen molar-refractivity contribution in [2.75, 3.05) is 6.54 Å². The fourth-order valence-electron chi connectivity index (χ4n) is 4.90. The van der Waals surface area contributed by atoms with E-state index in [9.17, 15) is 0 Å². The predicted molar refractivity (Wildman–Crippen MR) is 149 cm³/mol. The number of rotatable bonds is 29. The van der Waals surface area contributed by atoms with Crippen LogP contribution in [0, 0.1) is 0 Å². The topological polar surface area (TPSA) is 48.8 Å². The summed E-state index contributed by atoms with van der Waals surface area (Å²) in [7, 11) is 0. The zero-order chi connectivity index (χ0) is 23.9. The van der Waals surface area contributed by atoms with Crippen LogP contribution >= 0.6 is 0 Å². The molecule has 0 aromatic carbocycles. The van der Waals surface area contributed by atoms with Gasteiger partial charge in [0.1, 0.15) is 0 Å². The highest BCUT2D eigenvalue weighted by atomic mass is 15.1. The first-order chi connectivity index (χ1) is 16.4. The minimum Gasteiger partial charge on any atom is -0.0940 e. The van der Waals surface area contributed by atoms with Crippen LogP contribution in [0.3, 0.4) is 0 Å². The van der Waals surface area contributed by atoms with Gasteiger partial charge in [-0.05, 0) is 12.0 Å². The van der Waals surface area contributed by atoms with Gasteiger partial charge in [-0.1, -0.05) is 185 Å². The highest BCUT2D eigenvalue weighted by Crippen LogP contribution is 2.16. The highest BCUT2D eigenvalue weighted by Gasteiger charge is 1.96. The molecule has 0 aromatic rings. The van der Waals surface area contributed by atoms with Gasteiger partial charge in [-0.2, -0.15) is 0 Å². The standard InChI is InChI=1S/C30H61N3/c1-2-3-4-5-6-7-8-9-10-11-12-13-14-15-16-17-18-19-20-21-22-23-24-25-26-27-28-29-30-32-33-31/h2-30H2,1H3. The molecule has 0 heterocycles. The summed E-state index contributed by atoms with van der Waals surface area (Å²) < 4.78 is 0. The van der Waals surface area contributed by atoms with E-state index in [1.807, 2.05) is 0 Å². The fourth-order valence-corrected chi connectivity index (χ4v) is 4.90. The number of azide groups is 1. The maximum atomic E-state index is 8.23. The lowest BCUT2D eigenvalue weighted by Crippen LogP contribution is -1.85. The second kappa shape index (κ2) is 31.3. The van der Waals surface area contributed by atoms with Gasteiger partial charge >= 0.3 is 0 Å². The molecule has 0 saturated heterocycles. The van der Waals surface area contributed by atoms with Crippen molar-refractivity contribution in [1.82, 2.24) is 0 Å². The minimum atomic E-state index is 0.677. The van der Waals surface area contributed by atoms with Gasteiger partial charge < -0.3 is 0 Å². The van der Waals surface area contributed by atoms with Crippen LogP contribution in [0.25, 0.3) is 10.4 Å². The lowest BCUT2D eigenvalue weighted by molar-refractivity contribution is 0.514. The third-order valence-electron chi connectivity index (χ3n) is 7.17. The molecule has 3 nitrogen and oxygen atoms in total. The number of hydrogen-bond donors (Lipinski definition) is 0. The fraction of sp³-hybridized carbons (Fsp3) is 1.00. The lowest BCUT2D eigenvalue weighted by Gasteiger charge is -2.04. The molecular weight excluding hydrogens is 402 g/mol. The Bertz CT molecular complexity index is 390. The van der Waals surface area contributed by atoms with Crippen LogP contribution in [0.4, 0.5) is 0 Å². The SMILES string of the molecule is CCCCCCCCCCCCCCCCCCCCCCCCCCCCCCN=[N+]=[N-]. The van der Waals surface area contributed by atoms with Gasteiger partial charge in [0.2, 0.25) is 0 Å². The number of hydrogen-bond acceptors (Lipinski definition) is 1. The van der Waals surface area contributed by atoms with Gasteiger partial charge in [0.25, 0.3) is 0 Å². The monoisotopic (exact) mass is 463 g/mol. The van der Waals surface area contributed by atoms with E-state index < -0.39 is 0 Å². The first-order valence-electron chi connectivity index (χ1n) is 15.4. The zero-order valence-corrected chi connectivity index (χ0v) is 22.8. The molecule has 0 fully saturated rings. The molecule has 196 valence electrons. The Morgan fingerprint density at radius 2 is 0.576 bits per heavy atom. The smallest absolute Gasteiger partial charge is 0.0257 e. The van der Waals surface area contributed by atoms with Gasteiger partial charge in [-0.25, -0.2) is 0 Å². The quantitative estimate of drug-likeness (QED) is 0.0458. The first kappa shape index (κ1) is 32.3. The Morgan fingerprint density at radius 3 is 0.788 bits per heavy atom. The second-order valence-corrected chi connectivity index (χ2v) is 10.5. The molecule has 0 radical (unpaired) electrons. The summed E-state index contributed by atoms with van der Waals surface area (Å²) >= 11 is 0. The zero-order valence-electron chi connectivity index (χ0n) is 22.8. The van der Waals surface area contributed by atoms with E-state index in [-0.39, 0.29) is 0 Å². The Hall–Kier alpha value is -0.690. The van der Waals surface area contributed by atoms with E-state index in [4.69, 9.17) is 5.53 Å². The van der Waals surface area contributed by atoms with Crippen LogP contribution in [0.2, 0.25) is 0 Å². The molecule has 0 saturated carbocycles. The van der Waals surface area contributed by atoms with Crippen molar-refractivity contribution in [3.63, 3.8) is 0 Å². The van der Waals surface area contributed by atoms with Crippen LogP contribution in [0.15, 0.2) is 5.11 Å². The molecule has 0 bridgehead atoms. The summed E-state index contributed by atoms with van der Waals surface area (Å²) in [6.45, 7) is 2.98. The minimum absolute atomic E-state index is 0.677. The molecule has 3 heteroatoms. The molecule has 0 aliphatic carbocycles. The lowest BCUT2D eigenvalue weighted by atomic mass is 10.0. The van der Waals surface area contributed by atoms with E-state index in [1.165, 1.54) is 173 Å². The Labute approximate surface area is 208 Å². The van der Waals surface area contributed by atoms with Gasteiger partial charge in [0.15, 0.2) is 0 Å². The molecule has 0 aromatic heterocycles. The van der Waals surface area contributed by atoms with Crippen LogP contribution in [-0.2, 0) is 0 Å². The number of unbranched alkanes of at least 4 members (excludes halogenated alkanes) is 27. The van der Waals surface area contributed by atoms with Crippen molar-refractivity contribution >= 4 is 0 Å². The van der Waals surface area contributed by atoms with E-state index in [0.717, 1.165) is 6.42 Å². The van der Waals surface area contributed by atoms with Crippen molar-refractivity contribution in [3.05, 3.63) is 10.4 Å². The molecule has 0 aliphatic heterocycles. The third-order valence-corrected chi connectivity index (χ3v) is 7.17. The molecule has 33 heavy (non-hydrogen) atoms. The summed E-state index contributed by atoms with van der Waals surface area (Å²) in [5, 5.41) is 3.59. The molecule has 0 rings (SSSR count). The Balaban J connectivity index is 3.01. The van der Waals surface area contributed by atoms with Gasteiger partial charge in [0, 0.05) is 11.5 Å². The van der Waals surface area contributed by atoms with Crippen LogP contribution < -0.4 is 0 Å². The maximum Gasteiger partial charge on any atom is 0.0257 e. The molecule has 0 N–H and O–H groups in total. The third kappa shape index (κ3) is 31.3. The predicted octanol–water partition coefficient (Wildman–Crippen LogP) is 12.2. The van der Waals surface area contributed by atoms with Crippen LogP contribution in [0.1, 0.15) is 187 Å². The van der Waals surface area contributed by atoms with Crippen molar-refractivity contribution in [2.24, 2.45) is 5.11 Å². The summed E-state index contributed by atoms with van der Waals surface area (Å²) in [5.74, 6) is 0. The first-order valence-corrected chi connectivity index (χ1v) is 15.4. The van der Waals surface area contributed by atoms with E-state index in [0.29, 0.717) is 6.54 Å². The van der Waals surface area contributed by atoms with Crippen molar-refractivity contribution in [1.29, 1.82) is 0 Å². The second-order valence-electron chi connectivity index (χ2n) is 10.5. The summed E-state index contributed by atoms with van der Waals surface area (Å²) in [6.07, 6.45) is 39.9. The van der Waals surface area contributed by atoms with Crippen molar-refractivity contribution in [2.45, 2.75) is 187 Å². The van der Waals surface area contributed by atoms with Gasteiger partial charge in [-0.15, -0.1) is 0 Å². The number of nitrogens with zero attached hydrogens (tertiary/aromatic N) is 3. The molecule has 0 atom stereocenters. The average molecular weight is 464 g/mol. The average Bonchev–Trinajstić information content (AvgIpc) is 2.83. The van der Waals surface area contributed by atoms with E-state index in [1.54, 1.807) is 0 Å². The molecule has 0 aliphatic rings. The largest absolute Gasteiger partial charge is 0.0940 e. The van der Waals surface area contributed by atoms with E-state index in [2.05, 4.69) is 16.9 Å². The molecule has 0 unspecified atom stereocenters. The summed E-state index contributed by atoms with van der Waals surface area (Å²) in [5.41, 5.74) is 8.23. The van der Waals surface area contributed by atoms with Gasteiger partial charge in [-0.3, -0.25) is 0 Å². The van der Waals surface area contributed by atoms with Crippen LogP contribution in [0.5, 0.6) is 0 Å². The normalized spacial score (nSPS) is 11.1. The molecule has 0 amide bonds. The summed E-state index contributed by atoms with van der Waals surface area (Å²) in [4.78, 5) is 2.80. The van der Waals surface area contributed by atoms with Crippen molar-refractivity contribution < 1.29 is 0 Å². The summed E-state index contributed by atoms with van der Waals surface area (Å²) in [6, 6.07) is 0. The Morgan fingerprint density at radius 1 is 0.364 bits per heavy atom. The van der Waals surface area contributed by atoms with E-state index >= 15 is 0 Å².